The van der Waals surface area contributed by atoms with Gasteiger partial charge in [-0.3, -0.25) is 0 Å². The van der Waals surface area contributed by atoms with Gasteiger partial charge in [0.2, 0.25) is 0 Å². The molecule has 1 aliphatic heterocycles. The zero-order chi connectivity index (χ0) is 10.1. The number of rotatable bonds is 4. The maximum atomic E-state index is 3.79. The molecule has 0 aromatic rings. The lowest BCUT2D eigenvalue weighted by atomic mass is 9.76. The topological polar surface area (TPSA) is 24.1 Å². The summed E-state index contributed by atoms with van der Waals surface area (Å²) >= 11 is 0. The van der Waals surface area contributed by atoms with Crippen LogP contribution in [-0.4, -0.2) is 25.2 Å². The van der Waals surface area contributed by atoms with E-state index in [2.05, 4.69) is 24.5 Å². The molecule has 1 heterocycles. The Hall–Kier alpha value is -0.0800. The van der Waals surface area contributed by atoms with Crippen LogP contribution in [0.15, 0.2) is 0 Å². The van der Waals surface area contributed by atoms with Crippen molar-refractivity contribution in [2.75, 3.05) is 19.6 Å². The predicted octanol–water partition coefficient (Wildman–Crippen LogP) is 1.91. The first-order chi connectivity index (χ1) is 6.68. The zero-order valence-corrected chi connectivity index (χ0v) is 9.66. The van der Waals surface area contributed by atoms with Crippen LogP contribution >= 0.6 is 0 Å². The fourth-order valence-corrected chi connectivity index (χ4v) is 2.66. The van der Waals surface area contributed by atoms with Gasteiger partial charge in [0.1, 0.15) is 0 Å². The monoisotopic (exact) mass is 196 g/mol. The van der Waals surface area contributed by atoms with Crippen LogP contribution in [-0.2, 0) is 0 Å². The van der Waals surface area contributed by atoms with Gasteiger partial charge in [-0.1, -0.05) is 6.92 Å². The summed E-state index contributed by atoms with van der Waals surface area (Å²) in [5, 5.41) is 7.29. The second-order valence-electron chi connectivity index (χ2n) is 5.55. The van der Waals surface area contributed by atoms with Gasteiger partial charge in [-0.15, -0.1) is 0 Å². The SMILES string of the molecule is CCC1(CNC2(C)CCC2)CCNC1. The molecule has 1 saturated heterocycles. The molecule has 0 spiro atoms. The minimum absolute atomic E-state index is 0.477. The highest BCUT2D eigenvalue weighted by Crippen LogP contribution is 2.34. The van der Waals surface area contributed by atoms with Crippen molar-refractivity contribution in [1.29, 1.82) is 0 Å². The molecule has 82 valence electrons. The first-order valence-electron chi connectivity index (χ1n) is 6.14. The predicted molar refractivity (Wildman–Crippen MR) is 60.5 cm³/mol. The molecule has 1 unspecified atom stereocenters. The molecule has 2 aliphatic rings. The molecule has 0 aromatic heterocycles. The number of hydrogen-bond acceptors (Lipinski definition) is 2. The average molecular weight is 196 g/mol. The number of nitrogens with one attached hydrogen (secondary N) is 2. The van der Waals surface area contributed by atoms with Crippen molar-refractivity contribution >= 4 is 0 Å². The summed E-state index contributed by atoms with van der Waals surface area (Å²) in [6, 6.07) is 0. The molecule has 0 aromatic carbocycles. The van der Waals surface area contributed by atoms with E-state index >= 15 is 0 Å². The van der Waals surface area contributed by atoms with Crippen molar-refractivity contribution in [3.63, 3.8) is 0 Å². The Morgan fingerprint density at radius 3 is 2.50 bits per heavy atom. The van der Waals surface area contributed by atoms with Crippen molar-refractivity contribution < 1.29 is 0 Å². The van der Waals surface area contributed by atoms with Gasteiger partial charge in [-0.25, -0.2) is 0 Å². The van der Waals surface area contributed by atoms with Gasteiger partial charge in [-0.2, -0.15) is 0 Å². The van der Waals surface area contributed by atoms with Gasteiger partial charge in [-0.05, 0) is 51.0 Å². The van der Waals surface area contributed by atoms with E-state index in [1.54, 1.807) is 0 Å². The Kier molecular flexibility index (Phi) is 2.85. The third-order valence-corrected chi connectivity index (χ3v) is 4.43. The number of hydrogen-bond donors (Lipinski definition) is 2. The van der Waals surface area contributed by atoms with Crippen LogP contribution in [0.1, 0.15) is 46.0 Å². The summed E-state index contributed by atoms with van der Waals surface area (Å²) < 4.78 is 0. The van der Waals surface area contributed by atoms with Gasteiger partial charge >= 0.3 is 0 Å². The van der Waals surface area contributed by atoms with Gasteiger partial charge in [0.15, 0.2) is 0 Å². The van der Waals surface area contributed by atoms with Crippen LogP contribution < -0.4 is 10.6 Å². The summed E-state index contributed by atoms with van der Waals surface area (Å²) in [6.45, 7) is 8.35. The molecular formula is C12H24N2. The van der Waals surface area contributed by atoms with E-state index in [1.165, 1.54) is 51.7 Å². The average Bonchev–Trinajstić information content (AvgIpc) is 2.61. The van der Waals surface area contributed by atoms with Crippen molar-refractivity contribution in [3.8, 4) is 0 Å². The largest absolute Gasteiger partial charge is 0.316 e. The van der Waals surface area contributed by atoms with Gasteiger partial charge in [0.05, 0.1) is 0 Å². The minimum atomic E-state index is 0.477. The lowest BCUT2D eigenvalue weighted by molar-refractivity contribution is 0.167. The molecule has 1 saturated carbocycles. The summed E-state index contributed by atoms with van der Waals surface area (Å²) in [6.07, 6.45) is 6.83. The molecular weight excluding hydrogens is 172 g/mol. The van der Waals surface area contributed by atoms with Gasteiger partial charge < -0.3 is 10.6 Å². The fourth-order valence-electron chi connectivity index (χ4n) is 2.66. The van der Waals surface area contributed by atoms with Crippen LogP contribution in [0.25, 0.3) is 0 Å². The Morgan fingerprint density at radius 2 is 2.07 bits per heavy atom. The maximum absolute atomic E-state index is 3.79. The molecule has 2 rings (SSSR count). The highest BCUT2D eigenvalue weighted by Gasteiger charge is 2.37. The normalized spacial score (nSPS) is 35.6. The Morgan fingerprint density at radius 1 is 1.29 bits per heavy atom. The van der Waals surface area contributed by atoms with E-state index in [9.17, 15) is 0 Å². The van der Waals surface area contributed by atoms with Crippen LogP contribution in [0.5, 0.6) is 0 Å². The van der Waals surface area contributed by atoms with E-state index in [0.717, 1.165) is 0 Å². The Bertz CT molecular complexity index is 190. The third kappa shape index (κ3) is 1.96. The maximum Gasteiger partial charge on any atom is 0.0153 e. The first-order valence-corrected chi connectivity index (χ1v) is 6.14. The van der Waals surface area contributed by atoms with Gasteiger partial charge in [0, 0.05) is 18.6 Å². The van der Waals surface area contributed by atoms with Crippen LogP contribution in [0.2, 0.25) is 0 Å². The smallest absolute Gasteiger partial charge is 0.0153 e. The summed E-state index contributed by atoms with van der Waals surface area (Å²) in [7, 11) is 0. The van der Waals surface area contributed by atoms with Crippen LogP contribution in [0.3, 0.4) is 0 Å². The zero-order valence-electron chi connectivity index (χ0n) is 9.66. The van der Waals surface area contributed by atoms with E-state index in [-0.39, 0.29) is 0 Å². The van der Waals surface area contributed by atoms with E-state index in [1.807, 2.05) is 0 Å². The van der Waals surface area contributed by atoms with Crippen LogP contribution in [0.4, 0.5) is 0 Å². The molecule has 14 heavy (non-hydrogen) atoms. The molecule has 1 aliphatic carbocycles. The summed E-state index contributed by atoms with van der Waals surface area (Å²) in [5.41, 5.74) is 1.03. The summed E-state index contributed by atoms with van der Waals surface area (Å²) in [5.74, 6) is 0. The lowest BCUT2D eigenvalue weighted by Gasteiger charge is -2.42. The van der Waals surface area contributed by atoms with E-state index < -0.39 is 0 Å². The highest BCUT2D eigenvalue weighted by molar-refractivity contribution is 4.96. The van der Waals surface area contributed by atoms with Crippen molar-refractivity contribution in [2.24, 2.45) is 5.41 Å². The second-order valence-corrected chi connectivity index (χ2v) is 5.55. The van der Waals surface area contributed by atoms with E-state index in [4.69, 9.17) is 0 Å². The quantitative estimate of drug-likeness (QED) is 0.717. The van der Waals surface area contributed by atoms with Gasteiger partial charge in [0.25, 0.3) is 0 Å². The van der Waals surface area contributed by atoms with Crippen molar-refractivity contribution in [3.05, 3.63) is 0 Å². The molecule has 0 amide bonds. The second kappa shape index (κ2) is 3.82. The molecule has 1 atom stereocenters. The molecule has 0 radical (unpaired) electrons. The highest BCUT2D eigenvalue weighted by atomic mass is 15.0. The van der Waals surface area contributed by atoms with Crippen LogP contribution in [0, 0.1) is 5.41 Å². The van der Waals surface area contributed by atoms with Crippen molar-refractivity contribution in [2.45, 2.75) is 51.5 Å². The van der Waals surface area contributed by atoms with Crippen molar-refractivity contribution in [1.82, 2.24) is 10.6 Å². The lowest BCUT2D eigenvalue weighted by Crippen LogP contribution is -2.52. The standard InChI is InChI=1S/C12H24N2/c1-3-12(7-8-13-9-12)10-14-11(2)5-4-6-11/h13-14H,3-10H2,1-2H3. The fraction of sp³-hybridized carbons (Fsp3) is 1.00. The molecule has 2 N–H and O–H groups in total. The molecule has 0 bridgehead atoms. The molecule has 2 fully saturated rings. The minimum Gasteiger partial charge on any atom is -0.316 e. The van der Waals surface area contributed by atoms with E-state index in [0.29, 0.717) is 11.0 Å². The first kappa shape index (κ1) is 10.4. The Labute approximate surface area is 87.8 Å². The summed E-state index contributed by atoms with van der Waals surface area (Å²) in [4.78, 5) is 0. The Balaban J connectivity index is 1.82. The molecule has 2 heteroatoms. The third-order valence-electron chi connectivity index (χ3n) is 4.43. The molecule has 2 nitrogen and oxygen atoms in total.